The number of thioether (sulfide) groups is 1. The van der Waals surface area contributed by atoms with Crippen molar-refractivity contribution in [1.29, 1.82) is 0 Å². The van der Waals surface area contributed by atoms with Crippen molar-refractivity contribution in [3.8, 4) is 0 Å². The summed E-state index contributed by atoms with van der Waals surface area (Å²) < 4.78 is 123. The fourth-order valence-corrected chi connectivity index (χ4v) is 5.37. The molecule has 0 unspecified atom stereocenters. The molecule has 1 N–H and O–H groups in total. The van der Waals surface area contributed by atoms with Crippen LogP contribution in [0.4, 0.5) is 22.0 Å². The lowest BCUT2D eigenvalue weighted by molar-refractivity contribution is -0.0947. The molecule has 28 heavy (non-hydrogen) atoms. The lowest BCUT2D eigenvalue weighted by Crippen LogP contribution is -2.44. The van der Waals surface area contributed by atoms with E-state index in [1.807, 2.05) is 0 Å². The summed E-state index contributed by atoms with van der Waals surface area (Å²) in [5.41, 5.74) is 0. The summed E-state index contributed by atoms with van der Waals surface area (Å²) in [7, 11) is -11.3. The monoisotopic (exact) mass is 482 g/mol. The first kappa shape index (κ1) is 22.9. The van der Waals surface area contributed by atoms with E-state index in [9.17, 15) is 38.8 Å². The van der Waals surface area contributed by atoms with Gasteiger partial charge >= 0.3 is 20.6 Å². The highest BCUT2D eigenvalue weighted by Gasteiger charge is 2.66. The third-order valence-corrected chi connectivity index (χ3v) is 7.55. The van der Waals surface area contributed by atoms with E-state index in [4.69, 9.17) is 16.2 Å². The van der Waals surface area contributed by atoms with Crippen LogP contribution < -0.4 is 0 Å². The second-order valence-corrected chi connectivity index (χ2v) is 10.1. The van der Waals surface area contributed by atoms with E-state index in [2.05, 4.69) is 0 Å². The summed E-state index contributed by atoms with van der Waals surface area (Å²) >= 11 is 4.41. The largest absolute Gasteiger partial charge is 0.442 e. The molecule has 0 aromatic heterocycles. The number of sulfone groups is 1. The van der Waals surface area contributed by atoms with Gasteiger partial charge in [0.05, 0.1) is 4.90 Å². The first-order valence-electron chi connectivity index (χ1n) is 6.82. The highest BCUT2D eigenvalue weighted by atomic mass is 35.5. The van der Waals surface area contributed by atoms with Gasteiger partial charge in [-0.05, 0) is 42.1 Å². The number of alkyl halides is 4. The van der Waals surface area contributed by atoms with Gasteiger partial charge < -0.3 is 0 Å². The second kappa shape index (κ2) is 7.44. The number of hydrogen-bond donors (Lipinski definition) is 1. The van der Waals surface area contributed by atoms with E-state index in [1.165, 1.54) is 0 Å². The van der Waals surface area contributed by atoms with Gasteiger partial charge in [0.1, 0.15) is 10.7 Å². The van der Waals surface area contributed by atoms with Crippen LogP contribution in [0, 0.1) is 5.82 Å². The van der Waals surface area contributed by atoms with Gasteiger partial charge in [0.25, 0.3) is 0 Å². The van der Waals surface area contributed by atoms with Gasteiger partial charge in [-0.25, -0.2) is 12.8 Å². The molecule has 0 heterocycles. The molecule has 0 spiro atoms. The summed E-state index contributed by atoms with van der Waals surface area (Å²) in [6.45, 7) is 0. The molecular formula is C14H8ClF5O5S3. The van der Waals surface area contributed by atoms with Crippen molar-refractivity contribution < 1.29 is 43.3 Å². The van der Waals surface area contributed by atoms with Gasteiger partial charge in [0, 0.05) is 9.92 Å². The third kappa shape index (κ3) is 4.13. The molecule has 0 radical (unpaired) electrons. The summed E-state index contributed by atoms with van der Waals surface area (Å²) in [6, 6.07) is 5.91. The quantitative estimate of drug-likeness (QED) is 0.371. The molecule has 0 saturated carbocycles. The average Bonchev–Trinajstić information content (AvgIpc) is 2.53. The third-order valence-electron chi connectivity index (χ3n) is 3.22. The summed E-state index contributed by atoms with van der Waals surface area (Å²) in [6.07, 6.45) is 0. The van der Waals surface area contributed by atoms with Crippen LogP contribution in [-0.4, -0.2) is 31.9 Å². The maximum atomic E-state index is 14.0. The molecule has 2 aromatic carbocycles. The standard InChI is InChI=1S/C14H8ClF5O5S3/c15-8-5-6-11(9(16)7-8)27(21,22)12-4-2-1-3-10(12)26-13(17,18)14(19,20)28(23,24)25/h1-7H,(H,23,24,25). The van der Waals surface area contributed by atoms with Gasteiger partial charge in [-0.15, -0.1) is 0 Å². The van der Waals surface area contributed by atoms with Gasteiger partial charge in [-0.2, -0.15) is 26.0 Å². The van der Waals surface area contributed by atoms with Crippen LogP contribution in [-0.2, 0) is 20.0 Å². The summed E-state index contributed by atoms with van der Waals surface area (Å²) in [4.78, 5) is -2.94. The first-order chi connectivity index (χ1) is 12.6. The first-order valence-corrected chi connectivity index (χ1v) is 10.9. The minimum atomic E-state index is -6.52. The number of halogens is 6. The SMILES string of the molecule is O=S(=O)(c1ccc(Cl)cc1F)c1ccccc1SC(F)(F)C(F)(F)S(=O)(=O)O. The van der Waals surface area contributed by atoms with E-state index < -0.39 is 62.7 Å². The molecule has 0 amide bonds. The van der Waals surface area contributed by atoms with Crippen LogP contribution in [0.2, 0.25) is 5.02 Å². The number of rotatable bonds is 6. The summed E-state index contributed by atoms with van der Waals surface area (Å²) in [5.74, 6) is -1.32. The van der Waals surface area contributed by atoms with E-state index in [0.29, 0.717) is 12.1 Å². The fraction of sp³-hybridized carbons (Fsp3) is 0.143. The molecule has 154 valence electrons. The molecule has 0 atom stereocenters. The molecule has 5 nitrogen and oxygen atoms in total. The average molecular weight is 483 g/mol. The Labute approximate surface area is 165 Å². The molecule has 0 aliphatic carbocycles. The molecule has 2 aromatic rings. The van der Waals surface area contributed by atoms with Crippen LogP contribution >= 0.6 is 23.4 Å². The number of hydrogen-bond acceptors (Lipinski definition) is 5. The Morgan fingerprint density at radius 1 is 0.929 bits per heavy atom. The molecule has 0 saturated heterocycles. The van der Waals surface area contributed by atoms with Gasteiger partial charge in [0.2, 0.25) is 9.84 Å². The minimum absolute atomic E-state index is 0.154. The second-order valence-electron chi connectivity index (χ2n) is 5.14. The smallest absolute Gasteiger partial charge is 0.281 e. The Morgan fingerprint density at radius 3 is 2.04 bits per heavy atom. The Morgan fingerprint density at radius 2 is 1.50 bits per heavy atom. The Bertz CT molecular complexity index is 1120. The lowest BCUT2D eigenvalue weighted by Gasteiger charge is -2.23. The van der Waals surface area contributed by atoms with Crippen molar-refractivity contribution in [2.75, 3.05) is 0 Å². The van der Waals surface area contributed by atoms with Crippen LogP contribution in [0.3, 0.4) is 0 Å². The zero-order valence-electron chi connectivity index (χ0n) is 13.1. The predicted octanol–water partition coefficient (Wildman–Crippen LogP) is 4.48. The molecule has 0 aliphatic rings. The highest BCUT2D eigenvalue weighted by molar-refractivity contribution is 8.02. The van der Waals surface area contributed by atoms with Crippen molar-refractivity contribution in [3.63, 3.8) is 0 Å². The van der Waals surface area contributed by atoms with Crippen molar-refractivity contribution >= 4 is 43.3 Å². The molecule has 0 aliphatic heterocycles. The van der Waals surface area contributed by atoms with E-state index in [1.54, 1.807) is 0 Å². The Hall–Kier alpha value is -1.41. The van der Waals surface area contributed by atoms with Crippen LogP contribution in [0.15, 0.2) is 57.2 Å². The predicted molar refractivity (Wildman–Crippen MR) is 90.6 cm³/mol. The summed E-state index contributed by atoms with van der Waals surface area (Å²) in [5, 5.41) is -11.5. The van der Waals surface area contributed by atoms with Gasteiger partial charge in [-0.1, -0.05) is 23.7 Å². The maximum Gasteiger partial charge on any atom is 0.442 e. The Balaban J connectivity index is 2.60. The highest BCUT2D eigenvalue weighted by Crippen LogP contribution is 2.50. The molecular weight excluding hydrogens is 475 g/mol. The Kier molecular flexibility index (Phi) is 6.08. The maximum absolute atomic E-state index is 14.0. The van der Waals surface area contributed by atoms with Crippen molar-refractivity contribution in [2.24, 2.45) is 0 Å². The zero-order valence-corrected chi connectivity index (χ0v) is 16.3. The zero-order chi connectivity index (χ0) is 21.5. The molecule has 0 fully saturated rings. The van der Waals surface area contributed by atoms with Crippen molar-refractivity contribution in [3.05, 3.63) is 53.3 Å². The van der Waals surface area contributed by atoms with Crippen LogP contribution in [0.1, 0.15) is 0 Å². The van der Waals surface area contributed by atoms with E-state index >= 15 is 0 Å². The molecule has 14 heteroatoms. The number of benzene rings is 2. The normalized spacial score (nSPS) is 13.5. The van der Waals surface area contributed by atoms with E-state index in [-0.39, 0.29) is 5.02 Å². The van der Waals surface area contributed by atoms with Crippen LogP contribution in [0.5, 0.6) is 0 Å². The van der Waals surface area contributed by atoms with Gasteiger partial charge in [-0.3, -0.25) is 4.55 Å². The lowest BCUT2D eigenvalue weighted by atomic mass is 10.3. The molecule has 0 bridgehead atoms. The van der Waals surface area contributed by atoms with Crippen LogP contribution in [0.25, 0.3) is 0 Å². The fourth-order valence-electron chi connectivity index (χ4n) is 1.92. The van der Waals surface area contributed by atoms with Crippen molar-refractivity contribution in [1.82, 2.24) is 0 Å². The van der Waals surface area contributed by atoms with E-state index in [0.717, 1.165) is 30.3 Å². The topological polar surface area (TPSA) is 88.5 Å². The minimum Gasteiger partial charge on any atom is -0.281 e. The van der Waals surface area contributed by atoms with Crippen molar-refractivity contribution in [2.45, 2.75) is 25.2 Å². The van der Waals surface area contributed by atoms with Gasteiger partial charge in [0.15, 0.2) is 0 Å². The molecule has 2 rings (SSSR count).